The molecule has 0 fully saturated rings. The van der Waals surface area contributed by atoms with Crippen LogP contribution in [0.15, 0.2) is 18.2 Å². The lowest BCUT2D eigenvalue weighted by Gasteiger charge is -2.32. The van der Waals surface area contributed by atoms with Crippen LogP contribution in [0.5, 0.6) is 17.2 Å². The van der Waals surface area contributed by atoms with Crippen LogP contribution in [0.25, 0.3) is 0 Å². The van der Waals surface area contributed by atoms with Gasteiger partial charge in [0.25, 0.3) is 0 Å². The van der Waals surface area contributed by atoms with Gasteiger partial charge in [0.2, 0.25) is 34.8 Å². The summed E-state index contributed by atoms with van der Waals surface area (Å²) in [6, 6.07) is 3.87. The first kappa shape index (κ1) is 27.3. The Kier molecular flexibility index (Phi) is 9.22. The Hall–Kier alpha value is -2.92. The van der Waals surface area contributed by atoms with Crippen molar-refractivity contribution in [3.63, 3.8) is 0 Å². The van der Waals surface area contributed by atoms with E-state index in [0.29, 0.717) is 36.4 Å². The van der Waals surface area contributed by atoms with Crippen LogP contribution >= 0.6 is 0 Å². The van der Waals surface area contributed by atoms with E-state index in [2.05, 4.69) is 10.1 Å². The number of hydrogen-bond donors (Lipinski definition) is 2. The monoisotopic (exact) mass is 490 g/mol. The highest BCUT2D eigenvalue weighted by Crippen LogP contribution is 2.32. The second kappa shape index (κ2) is 11.5. The van der Waals surface area contributed by atoms with Crippen molar-refractivity contribution in [3.8, 4) is 17.2 Å². The molecule has 0 amide bonds. The van der Waals surface area contributed by atoms with Crippen LogP contribution < -0.4 is 25.3 Å². The van der Waals surface area contributed by atoms with Gasteiger partial charge in [-0.1, -0.05) is 6.42 Å². The summed E-state index contributed by atoms with van der Waals surface area (Å²) in [7, 11) is 2.94. The van der Waals surface area contributed by atoms with Gasteiger partial charge in [-0.2, -0.15) is 8.78 Å². The van der Waals surface area contributed by atoms with Gasteiger partial charge in [-0.15, -0.1) is 0 Å². The third kappa shape index (κ3) is 6.15. The van der Waals surface area contributed by atoms with Crippen molar-refractivity contribution in [2.24, 2.45) is 5.73 Å². The molecule has 0 heterocycles. The van der Waals surface area contributed by atoms with Crippen LogP contribution in [0.3, 0.4) is 0 Å². The van der Waals surface area contributed by atoms with Gasteiger partial charge in [-0.05, 0) is 50.9 Å². The molecule has 0 aliphatic rings. The maximum absolute atomic E-state index is 14.0. The van der Waals surface area contributed by atoms with E-state index in [9.17, 15) is 26.7 Å². The number of methoxy groups -OCH3 is 2. The predicted molar refractivity (Wildman–Crippen MR) is 114 cm³/mol. The number of halogens is 5. The highest BCUT2D eigenvalue weighted by Gasteiger charge is 2.33. The van der Waals surface area contributed by atoms with Gasteiger partial charge in [0.1, 0.15) is 17.5 Å². The summed E-state index contributed by atoms with van der Waals surface area (Å²) in [6.07, 6.45) is 1.08. The Balaban J connectivity index is 2.38. The molecule has 2 aromatic carbocycles. The number of unbranched alkanes of at least 4 members (excludes halogenated alkanes) is 1. The first-order valence-electron chi connectivity index (χ1n) is 10.4. The largest absolute Gasteiger partial charge is 0.497 e. The predicted octanol–water partition coefficient (Wildman–Crippen LogP) is 4.33. The van der Waals surface area contributed by atoms with Crippen molar-refractivity contribution in [3.05, 3.63) is 52.8 Å². The zero-order valence-electron chi connectivity index (χ0n) is 19.2. The molecule has 0 spiro atoms. The lowest BCUT2D eigenvalue weighted by molar-refractivity contribution is -0.138. The van der Waals surface area contributed by atoms with Crippen molar-refractivity contribution in [1.29, 1.82) is 0 Å². The molecule has 0 saturated carbocycles. The van der Waals surface area contributed by atoms with Crippen LogP contribution in [0.2, 0.25) is 0 Å². The van der Waals surface area contributed by atoms with Gasteiger partial charge in [0.05, 0.1) is 14.2 Å². The third-order valence-electron chi connectivity index (χ3n) is 5.21. The summed E-state index contributed by atoms with van der Waals surface area (Å²) < 4.78 is 83.7. The van der Waals surface area contributed by atoms with Gasteiger partial charge in [0, 0.05) is 11.6 Å². The van der Waals surface area contributed by atoms with E-state index in [0.717, 1.165) is 0 Å². The summed E-state index contributed by atoms with van der Waals surface area (Å²) in [4.78, 5) is 12.8. The second-order valence-electron chi connectivity index (χ2n) is 8.03. The SMILES string of the molecule is COc1cc(OC)cc(C(C)(C)NC(CCCCN)C(=O)Oc2c(F)c(F)c(F)c(F)c2F)c1. The number of carbonyl (C=O) groups excluding carboxylic acids is 1. The second-order valence-corrected chi connectivity index (χ2v) is 8.03. The van der Waals surface area contributed by atoms with Crippen LogP contribution in [0, 0.1) is 29.1 Å². The van der Waals surface area contributed by atoms with E-state index in [1.807, 2.05) is 0 Å². The smallest absolute Gasteiger partial charge is 0.328 e. The molecule has 34 heavy (non-hydrogen) atoms. The molecule has 11 heteroatoms. The maximum atomic E-state index is 14.0. The van der Waals surface area contributed by atoms with Crippen LogP contribution in [0.1, 0.15) is 38.7 Å². The number of nitrogens with two attached hydrogens (primary N) is 1. The van der Waals surface area contributed by atoms with Crippen LogP contribution in [-0.4, -0.2) is 32.8 Å². The molecule has 188 valence electrons. The minimum Gasteiger partial charge on any atom is -0.497 e. The summed E-state index contributed by atoms with van der Waals surface area (Å²) in [5.74, 6) is -13.2. The van der Waals surface area contributed by atoms with E-state index < -0.39 is 52.4 Å². The van der Waals surface area contributed by atoms with Crippen molar-refractivity contribution in [2.45, 2.75) is 44.7 Å². The van der Waals surface area contributed by atoms with E-state index in [1.165, 1.54) is 14.2 Å². The number of ether oxygens (including phenoxy) is 3. The van der Waals surface area contributed by atoms with E-state index in [-0.39, 0.29) is 6.42 Å². The molecule has 0 aliphatic carbocycles. The molecular weight excluding hydrogens is 463 g/mol. The molecular formula is C23H27F5N2O4. The number of carbonyl (C=O) groups is 1. The van der Waals surface area contributed by atoms with Crippen molar-refractivity contribution < 1.29 is 41.0 Å². The molecule has 0 bridgehead atoms. The number of benzene rings is 2. The fourth-order valence-corrected chi connectivity index (χ4v) is 3.28. The Bertz CT molecular complexity index is 982. The normalized spacial score (nSPS) is 12.4. The third-order valence-corrected chi connectivity index (χ3v) is 5.21. The summed E-state index contributed by atoms with van der Waals surface area (Å²) in [5, 5.41) is 3.04. The summed E-state index contributed by atoms with van der Waals surface area (Å²) in [6.45, 7) is 3.78. The zero-order chi connectivity index (χ0) is 25.6. The van der Waals surface area contributed by atoms with Gasteiger partial charge < -0.3 is 19.9 Å². The molecule has 0 radical (unpaired) electrons. The highest BCUT2D eigenvalue weighted by molar-refractivity contribution is 5.78. The molecule has 0 aliphatic heterocycles. The molecule has 0 saturated heterocycles. The van der Waals surface area contributed by atoms with Gasteiger partial charge >= 0.3 is 5.97 Å². The molecule has 2 aromatic rings. The molecule has 1 unspecified atom stereocenters. The Morgan fingerprint density at radius 1 is 0.912 bits per heavy atom. The van der Waals surface area contributed by atoms with Crippen LogP contribution in [0.4, 0.5) is 22.0 Å². The maximum Gasteiger partial charge on any atom is 0.328 e. The number of nitrogens with one attached hydrogen (secondary N) is 1. The minimum absolute atomic E-state index is 0.121. The molecule has 6 nitrogen and oxygen atoms in total. The number of rotatable bonds is 11. The van der Waals surface area contributed by atoms with Gasteiger partial charge in [-0.25, -0.2) is 18.0 Å². The van der Waals surface area contributed by atoms with Gasteiger partial charge in [-0.3, -0.25) is 5.32 Å². The zero-order valence-corrected chi connectivity index (χ0v) is 19.2. The first-order chi connectivity index (χ1) is 16.0. The van der Waals surface area contributed by atoms with Gasteiger partial charge in [0.15, 0.2) is 0 Å². The highest BCUT2D eigenvalue weighted by atomic mass is 19.2. The van der Waals surface area contributed by atoms with Crippen LogP contribution in [-0.2, 0) is 10.3 Å². The molecule has 2 rings (SSSR count). The molecule has 3 N–H and O–H groups in total. The fraction of sp³-hybridized carbons (Fsp3) is 0.435. The van der Waals surface area contributed by atoms with E-state index >= 15 is 0 Å². The lowest BCUT2D eigenvalue weighted by Crippen LogP contribution is -2.49. The van der Waals surface area contributed by atoms with E-state index in [1.54, 1.807) is 32.0 Å². The standard InChI is InChI=1S/C23H27F5N2O4/c1-23(2,12-9-13(32-3)11-14(10-12)33-4)30-15(7-5-6-8-29)22(31)34-21-19(27)17(25)16(24)18(26)20(21)28/h9-11,15,30H,5-8,29H2,1-4H3. The Labute approximate surface area is 194 Å². The van der Waals surface area contributed by atoms with Crippen molar-refractivity contribution >= 4 is 5.97 Å². The van der Waals surface area contributed by atoms with Crippen molar-refractivity contribution in [1.82, 2.24) is 5.32 Å². The summed E-state index contributed by atoms with van der Waals surface area (Å²) in [5.41, 5.74) is 5.20. The number of hydrogen-bond acceptors (Lipinski definition) is 6. The average molecular weight is 490 g/mol. The summed E-state index contributed by atoms with van der Waals surface area (Å²) >= 11 is 0. The topological polar surface area (TPSA) is 82.8 Å². The molecule has 1 atom stereocenters. The van der Waals surface area contributed by atoms with Crippen molar-refractivity contribution in [2.75, 3.05) is 20.8 Å². The fourth-order valence-electron chi connectivity index (χ4n) is 3.28. The molecule has 0 aromatic heterocycles. The number of esters is 1. The quantitative estimate of drug-likeness (QED) is 0.122. The minimum atomic E-state index is -2.35. The first-order valence-corrected chi connectivity index (χ1v) is 10.4. The Morgan fingerprint density at radius 2 is 1.41 bits per heavy atom. The van der Waals surface area contributed by atoms with E-state index in [4.69, 9.17) is 15.2 Å². The average Bonchev–Trinajstić information content (AvgIpc) is 2.83. The Morgan fingerprint density at radius 3 is 1.88 bits per heavy atom. The lowest BCUT2D eigenvalue weighted by atomic mass is 9.92.